The maximum Gasteiger partial charge on any atom is 0.0518 e. The van der Waals surface area contributed by atoms with Crippen molar-refractivity contribution in [1.29, 1.82) is 0 Å². The van der Waals surface area contributed by atoms with Gasteiger partial charge < -0.3 is 0 Å². The highest BCUT2D eigenvalue weighted by atomic mass is 35.5. The maximum atomic E-state index is 5.56. The molecule has 0 saturated carbocycles. The van der Waals surface area contributed by atoms with E-state index in [0.29, 0.717) is 0 Å². The lowest BCUT2D eigenvalue weighted by Crippen LogP contribution is -2.13. The van der Waals surface area contributed by atoms with Gasteiger partial charge in [-0.3, -0.25) is 0 Å². The van der Waals surface area contributed by atoms with Gasteiger partial charge in [-0.15, -0.1) is 11.6 Å². The first-order chi connectivity index (χ1) is 2.64. The van der Waals surface area contributed by atoms with Crippen molar-refractivity contribution in [2.24, 2.45) is 0 Å². The van der Waals surface area contributed by atoms with Crippen LogP contribution in [0.2, 0.25) is 13.1 Å². The minimum atomic E-state index is -0.590. The molecule has 0 aliphatic rings. The van der Waals surface area contributed by atoms with Gasteiger partial charge in [0.1, 0.15) is 0 Å². The van der Waals surface area contributed by atoms with Gasteiger partial charge in [0.05, 0.1) is 8.80 Å². The molecule has 0 saturated heterocycles. The van der Waals surface area contributed by atoms with Crippen LogP contribution in [0.3, 0.4) is 0 Å². The zero-order valence-electron chi connectivity index (χ0n) is 4.24. The molecule has 0 spiro atoms. The Labute approximate surface area is 46.1 Å². The van der Waals surface area contributed by atoms with Crippen molar-refractivity contribution in [2.45, 2.75) is 18.1 Å². The summed E-state index contributed by atoms with van der Waals surface area (Å²) in [5.41, 5.74) is 0. The fourth-order valence-corrected chi connectivity index (χ4v) is 0. The Morgan fingerprint density at radius 3 is 1.83 bits per heavy atom. The van der Waals surface area contributed by atoms with E-state index in [-0.39, 0.29) is 5.00 Å². The summed E-state index contributed by atoms with van der Waals surface area (Å²) < 4.78 is 0. The first-order valence-electron chi connectivity index (χ1n) is 2.11. The first-order valence-corrected chi connectivity index (χ1v) is 5.53. The van der Waals surface area contributed by atoms with E-state index < -0.39 is 8.80 Å². The lowest BCUT2D eigenvalue weighted by atomic mass is 11.0. The van der Waals surface area contributed by atoms with Crippen LogP contribution in [0.15, 0.2) is 0 Å². The minimum absolute atomic E-state index is 0.213. The second-order valence-electron chi connectivity index (χ2n) is 1.76. The summed E-state index contributed by atoms with van der Waals surface area (Å²) in [5.74, 6) is 0. The summed E-state index contributed by atoms with van der Waals surface area (Å²) in [6, 6.07) is 0. The molecular weight excluding hydrogens is 112 g/mol. The molecule has 0 aliphatic heterocycles. The van der Waals surface area contributed by atoms with Crippen molar-refractivity contribution in [1.82, 2.24) is 0 Å². The lowest BCUT2D eigenvalue weighted by molar-refractivity contribution is 1.52. The normalized spacial score (nSPS) is 15.5. The Morgan fingerprint density at radius 2 is 1.83 bits per heavy atom. The average Bonchev–Trinajstić information content (AvgIpc) is 1.36. The quantitative estimate of drug-likeness (QED) is 0.364. The fraction of sp³-hybridized carbons (Fsp3) is 0.750. The van der Waals surface area contributed by atoms with Crippen molar-refractivity contribution >= 4 is 20.4 Å². The van der Waals surface area contributed by atoms with E-state index in [4.69, 9.17) is 11.6 Å². The largest absolute Gasteiger partial charge is 0.127 e. The van der Waals surface area contributed by atoms with E-state index in [2.05, 4.69) is 20.0 Å². The second-order valence-corrected chi connectivity index (χ2v) is 6.04. The Balaban J connectivity index is 2.99. The second kappa shape index (κ2) is 2.64. The van der Waals surface area contributed by atoms with Gasteiger partial charge in [0, 0.05) is 5.00 Å². The smallest absolute Gasteiger partial charge is 0.0518 e. The van der Waals surface area contributed by atoms with Crippen molar-refractivity contribution in [3.05, 3.63) is 6.92 Å². The van der Waals surface area contributed by atoms with Gasteiger partial charge in [0.15, 0.2) is 0 Å². The maximum absolute atomic E-state index is 5.56. The Kier molecular flexibility index (Phi) is 2.87. The molecule has 0 N–H and O–H groups in total. The van der Waals surface area contributed by atoms with Crippen LogP contribution >= 0.6 is 11.6 Å². The summed E-state index contributed by atoms with van der Waals surface area (Å²) >= 11 is 5.56. The molecule has 0 aromatic carbocycles. The van der Waals surface area contributed by atoms with E-state index in [0.717, 1.165) is 0 Å². The summed E-state index contributed by atoms with van der Waals surface area (Å²) in [4.78, 5) is 0. The molecule has 0 nitrogen and oxygen atoms in total. The van der Waals surface area contributed by atoms with Gasteiger partial charge in [0.2, 0.25) is 0 Å². The minimum Gasteiger partial charge on any atom is -0.127 e. The van der Waals surface area contributed by atoms with Crippen LogP contribution in [0.25, 0.3) is 0 Å². The summed E-state index contributed by atoms with van der Waals surface area (Å²) in [6.07, 6.45) is 0. The highest BCUT2D eigenvalue weighted by molar-refractivity contribution is 6.67. The molecule has 6 heavy (non-hydrogen) atoms. The van der Waals surface area contributed by atoms with Crippen LogP contribution in [-0.4, -0.2) is 13.8 Å². The summed E-state index contributed by atoms with van der Waals surface area (Å²) in [7, 11) is -0.590. The standard InChI is InChI=1S/C4H10ClSi/c1-4(5)6(2)3/h4,6H,1H2,2-3H3. The summed E-state index contributed by atoms with van der Waals surface area (Å²) in [5, 5.41) is 0.213. The van der Waals surface area contributed by atoms with E-state index in [1.54, 1.807) is 0 Å². The molecule has 0 fully saturated rings. The predicted octanol–water partition coefficient (Wildman–Crippen LogP) is 1.45. The van der Waals surface area contributed by atoms with Crippen LogP contribution in [0.1, 0.15) is 0 Å². The van der Waals surface area contributed by atoms with Crippen molar-refractivity contribution in [2.75, 3.05) is 0 Å². The number of alkyl halides is 1. The van der Waals surface area contributed by atoms with Crippen molar-refractivity contribution < 1.29 is 0 Å². The fourth-order valence-electron chi connectivity index (χ4n) is 0. The molecule has 37 valence electrons. The van der Waals surface area contributed by atoms with Gasteiger partial charge >= 0.3 is 0 Å². The monoisotopic (exact) mass is 121 g/mol. The highest BCUT2D eigenvalue weighted by Gasteiger charge is 2.00. The van der Waals surface area contributed by atoms with Crippen LogP contribution in [0, 0.1) is 6.92 Å². The average molecular weight is 122 g/mol. The van der Waals surface area contributed by atoms with Crippen LogP contribution in [0.5, 0.6) is 0 Å². The first kappa shape index (κ1) is 6.51. The Hall–Kier alpha value is 0.507. The molecule has 1 atom stereocenters. The molecule has 0 bridgehead atoms. The molecule has 0 amide bonds. The van der Waals surface area contributed by atoms with Gasteiger partial charge in [-0.05, 0) is 6.92 Å². The predicted molar refractivity (Wildman–Crippen MR) is 33.9 cm³/mol. The number of hydrogen-bond acceptors (Lipinski definition) is 0. The zero-order chi connectivity index (χ0) is 5.15. The van der Waals surface area contributed by atoms with E-state index in [1.807, 2.05) is 0 Å². The summed E-state index contributed by atoms with van der Waals surface area (Å²) in [6.45, 7) is 8.04. The zero-order valence-corrected chi connectivity index (χ0v) is 6.15. The van der Waals surface area contributed by atoms with E-state index >= 15 is 0 Å². The van der Waals surface area contributed by atoms with Gasteiger partial charge in [0.25, 0.3) is 0 Å². The number of hydrogen-bond donors (Lipinski definition) is 0. The van der Waals surface area contributed by atoms with Crippen LogP contribution in [-0.2, 0) is 0 Å². The molecule has 0 rings (SSSR count). The molecule has 2 heteroatoms. The topological polar surface area (TPSA) is 0 Å². The van der Waals surface area contributed by atoms with Gasteiger partial charge in [-0.25, -0.2) is 0 Å². The third-order valence-electron chi connectivity index (χ3n) is 0.723. The third-order valence-corrected chi connectivity index (χ3v) is 3.68. The van der Waals surface area contributed by atoms with Gasteiger partial charge in [-0.1, -0.05) is 13.1 Å². The van der Waals surface area contributed by atoms with Crippen molar-refractivity contribution in [3.8, 4) is 0 Å². The van der Waals surface area contributed by atoms with E-state index in [9.17, 15) is 0 Å². The number of halogens is 1. The SMILES string of the molecule is [CH2]C(Cl)[SiH](C)C. The molecule has 0 heterocycles. The molecule has 0 aromatic rings. The Bertz CT molecular complexity index is 28.5. The lowest BCUT2D eigenvalue weighted by Gasteiger charge is -2.00. The molecule has 1 unspecified atom stereocenters. The van der Waals surface area contributed by atoms with E-state index in [1.165, 1.54) is 0 Å². The van der Waals surface area contributed by atoms with Crippen LogP contribution in [0.4, 0.5) is 0 Å². The molecule has 0 aromatic heterocycles. The third kappa shape index (κ3) is 2.73. The Morgan fingerprint density at radius 1 is 1.67 bits per heavy atom. The van der Waals surface area contributed by atoms with Crippen LogP contribution < -0.4 is 0 Å². The van der Waals surface area contributed by atoms with Gasteiger partial charge in [-0.2, -0.15) is 0 Å². The molecule has 1 radical (unpaired) electrons. The van der Waals surface area contributed by atoms with Crippen molar-refractivity contribution in [3.63, 3.8) is 0 Å². The highest BCUT2D eigenvalue weighted by Crippen LogP contribution is 1.96. The molecular formula is C4H10ClSi. The molecule has 0 aliphatic carbocycles. The number of rotatable bonds is 1.